The number of hydrogen-bond acceptors (Lipinski definition) is 6. The first kappa shape index (κ1) is 24.8. The van der Waals surface area contributed by atoms with Crippen molar-refractivity contribution in [3.8, 4) is 11.3 Å². The zero-order valence-electron chi connectivity index (χ0n) is 22.4. The molecule has 1 saturated heterocycles. The molecule has 0 bridgehead atoms. The molecular formula is C31H37N5O2. The molecule has 2 aliphatic rings. The van der Waals surface area contributed by atoms with Crippen LogP contribution in [0, 0.1) is 5.92 Å². The lowest BCUT2D eigenvalue weighted by atomic mass is 10.0. The summed E-state index contributed by atoms with van der Waals surface area (Å²) in [7, 11) is 0. The van der Waals surface area contributed by atoms with Crippen LogP contribution in [0.2, 0.25) is 0 Å². The van der Waals surface area contributed by atoms with Crippen LogP contribution in [0.5, 0.6) is 0 Å². The summed E-state index contributed by atoms with van der Waals surface area (Å²) < 4.78 is 5.82. The highest BCUT2D eigenvalue weighted by atomic mass is 16.5. The van der Waals surface area contributed by atoms with E-state index >= 15 is 0 Å². The largest absolute Gasteiger partial charge is 0.352 e. The predicted octanol–water partition coefficient (Wildman–Crippen LogP) is 6.40. The van der Waals surface area contributed by atoms with Crippen LogP contribution in [-0.4, -0.2) is 52.1 Å². The molecular weight excluding hydrogens is 474 g/mol. The monoisotopic (exact) mass is 511 g/mol. The van der Waals surface area contributed by atoms with Gasteiger partial charge in [-0.3, -0.25) is 4.79 Å². The van der Waals surface area contributed by atoms with Crippen molar-refractivity contribution in [1.82, 2.24) is 20.0 Å². The Morgan fingerprint density at radius 2 is 1.79 bits per heavy atom. The highest BCUT2D eigenvalue weighted by Gasteiger charge is 2.27. The van der Waals surface area contributed by atoms with E-state index < -0.39 is 0 Å². The van der Waals surface area contributed by atoms with Crippen LogP contribution in [0.15, 0.2) is 47.0 Å². The van der Waals surface area contributed by atoms with Crippen LogP contribution in [0.1, 0.15) is 64.1 Å². The Balaban J connectivity index is 1.27. The summed E-state index contributed by atoms with van der Waals surface area (Å²) in [6.45, 7) is 5.11. The van der Waals surface area contributed by atoms with Crippen molar-refractivity contribution >= 4 is 33.6 Å². The van der Waals surface area contributed by atoms with E-state index in [-0.39, 0.29) is 0 Å². The number of unbranched alkanes of at least 4 members (excludes halogenated alkanes) is 1. The number of nitrogens with zero attached hydrogens (tertiary/aromatic N) is 5. The highest BCUT2D eigenvalue weighted by molar-refractivity contribution is 6.00. The number of rotatable bonds is 8. The number of benzene rings is 2. The minimum absolute atomic E-state index is 0.301. The first-order chi connectivity index (χ1) is 18.7. The van der Waals surface area contributed by atoms with Gasteiger partial charge in [-0.25, -0.2) is 4.98 Å². The van der Waals surface area contributed by atoms with Crippen molar-refractivity contribution in [3.63, 3.8) is 0 Å². The fraction of sp³-hybridized carbons (Fsp3) is 0.484. The average molecular weight is 512 g/mol. The molecule has 2 aromatic heterocycles. The Morgan fingerprint density at radius 1 is 1.00 bits per heavy atom. The molecule has 3 heterocycles. The Labute approximate surface area is 224 Å². The van der Waals surface area contributed by atoms with Gasteiger partial charge < -0.3 is 14.3 Å². The number of aryl methyl sites for hydroxylation is 1. The third kappa shape index (κ3) is 5.11. The molecule has 7 nitrogen and oxygen atoms in total. The summed E-state index contributed by atoms with van der Waals surface area (Å²) in [6, 6.07) is 14.7. The summed E-state index contributed by atoms with van der Waals surface area (Å²) in [5.41, 5.74) is 2.31. The molecule has 7 heteroatoms. The maximum atomic E-state index is 12.9. The number of amides is 1. The van der Waals surface area contributed by atoms with E-state index in [9.17, 15) is 4.79 Å². The van der Waals surface area contributed by atoms with Crippen LogP contribution in [0.4, 0.5) is 5.82 Å². The second-order valence-electron chi connectivity index (χ2n) is 10.9. The quantitative estimate of drug-likeness (QED) is 0.272. The summed E-state index contributed by atoms with van der Waals surface area (Å²) in [6.07, 6.45) is 9.89. The normalized spacial score (nSPS) is 16.7. The lowest BCUT2D eigenvalue weighted by molar-refractivity contribution is -0.131. The van der Waals surface area contributed by atoms with Gasteiger partial charge in [-0.1, -0.05) is 80.6 Å². The SMILES string of the molecule is CCCCc1nc(N2CCN(C(=O)CCC3CCCC3)CC2)c2c(-c3ccc4ccccc4c3)noc2n1. The molecule has 0 radical (unpaired) electrons. The van der Waals surface area contributed by atoms with Gasteiger partial charge in [0.25, 0.3) is 5.71 Å². The van der Waals surface area contributed by atoms with Gasteiger partial charge in [-0.15, -0.1) is 0 Å². The van der Waals surface area contributed by atoms with E-state index in [0.29, 0.717) is 18.0 Å². The second kappa shape index (κ2) is 11.1. The highest BCUT2D eigenvalue weighted by Crippen LogP contribution is 2.36. The molecule has 1 aliphatic carbocycles. The third-order valence-corrected chi connectivity index (χ3v) is 8.31. The van der Waals surface area contributed by atoms with Crippen molar-refractivity contribution in [3.05, 3.63) is 48.3 Å². The van der Waals surface area contributed by atoms with Gasteiger partial charge in [-0.05, 0) is 35.6 Å². The molecule has 198 valence electrons. The van der Waals surface area contributed by atoms with Crippen LogP contribution >= 0.6 is 0 Å². The molecule has 0 N–H and O–H groups in total. The lowest BCUT2D eigenvalue weighted by Crippen LogP contribution is -2.49. The molecule has 4 aromatic rings. The molecule has 6 rings (SSSR count). The van der Waals surface area contributed by atoms with E-state index in [4.69, 9.17) is 14.5 Å². The number of hydrogen-bond donors (Lipinski definition) is 0. The van der Waals surface area contributed by atoms with Gasteiger partial charge in [0.15, 0.2) is 0 Å². The van der Waals surface area contributed by atoms with Crippen LogP contribution < -0.4 is 4.90 Å². The molecule has 2 fully saturated rings. The predicted molar refractivity (Wildman–Crippen MR) is 151 cm³/mol. The first-order valence-corrected chi connectivity index (χ1v) is 14.4. The number of aromatic nitrogens is 3. The smallest absolute Gasteiger partial charge is 0.263 e. The van der Waals surface area contributed by atoms with Crippen molar-refractivity contribution in [2.45, 2.75) is 64.7 Å². The maximum Gasteiger partial charge on any atom is 0.263 e. The molecule has 0 spiro atoms. The minimum Gasteiger partial charge on any atom is -0.352 e. The van der Waals surface area contributed by atoms with Gasteiger partial charge in [0.1, 0.15) is 22.7 Å². The zero-order chi connectivity index (χ0) is 25.9. The molecule has 0 atom stereocenters. The van der Waals surface area contributed by atoms with Crippen LogP contribution in [0.3, 0.4) is 0 Å². The number of carbonyl (C=O) groups is 1. The Morgan fingerprint density at radius 3 is 2.58 bits per heavy atom. The van der Waals surface area contributed by atoms with Gasteiger partial charge in [0, 0.05) is 44.6 Å². The standard InChI is InChI=1S/C31H37N5O2/c1-2-3-12-26-32-30(36-19-17-35(18-20-36)27(37)16-13-22-8-4-5-9-22)28-29(34-38-31(28)33-26)25-15-14-23-10-6-7-11-24(23)21-25/h6-7,10-11,14-15,21-22H,2-5,8-9,12-13,16-20H2,1H3. The van der Waals surface area contributed by atoms with E-state index in [1.54, 1.807) is 0 Å². The zero-order valence-corrected chi connectivity index (χ0v) is 22.4. The lowest BCUT2D eigenvalue weighted by Gasteiger charge is -2.36. The Hall–Kier alpha value is -3.48. The van der Waals surface area contributed by atoms with Crippen LogP contribution in [0.25, 0.3) is 33.1 Å². The molecule has 1 aliphatic heterocycles. The van der Waals surface area contributed by atoms with E-state index in [2.05, 4.69) is 59.4 Å². The number of carbonyl (C=O) groups excluding carboxylic acids is 1. The fourth-order valence-electron chi connectivity index (χ4n) is 6.04. The average Bonchev–Trinajstić information content (AvgIpc) is 3.64. The Bertz CT molecular complexity index is 1420. The summed E-state index contributed by atoms with van der Waals surface area (Å²) in [4.78, 5) is 27.1. The van der Waals surface area contributed by atoms with Crippen molar-refractivity contribution < 1.29 is 9.32 Å². The summed E-state index contributed by atoms with van der Waals surface area (Å²) in [5.74, 6) is 2.72. The Kier molecular flexibility index (Phi) is 7.25. The number of fused-ring (bicyclic) bond motifs is 2. The minimum atomic E-state index is 0.301. The number of piperazine rings is 1. The maximum absolute atomic E-state index is 12.9. The van der Waals surface area contributed by atoms with Gasteiger partial charge in [0.05, 0.1) is 0 Å². The third-order valence-electron chi connectivity index (χ3n) is 8.31. The second-order valence-corrected chi connectivity index (χ2v) is 10.9. The van der Waals surface area contributed by atoms with Gasteiger partial charge >= 0.3 is 0 Å². The molecule has 2 aromatic carbocycles. The van der Waals surface area contributed by atoms with Crippen molar-refractivity contribution in [2.75, 3.05) is 31.1 Å². The fourth-order valence-corrected chi connectivity index (χ4v) is 6.04. The number of anilines is 1. The van der Waals surface area contributed by atoms with E-state index in [1.807, 2.05) is 4.90 Å². The van der Waals surface area contributed by atoms with Gasteiger partial charge in [0.2, 0.25) is 5.91 Å². The molecule has 0 unspecified atom stereocenters. The topological polar surface area (TPSA) is 75.4 Å². The molecule has 1 amide bonds. The molecule has 1 saturated carbocycles. The van der Waals surface area contributed by atoms with E-state index in [1.165, 1.54) is 31.1 Å². The summed E-state index contributed by atoms with van der Waals surface area (Å²) in [5, 5.41) is 7.70. The van der Waals surface area contributed by atoms with Gasteiger partial charge in [-0.2, -0.15) is 4.98 Å². The van der Waals surface area contributed by atoms with Crippen molar-refractivity contribution in [2.24, 2.45) is 5.92 Å². The van der Waals surface area contributed by atoms with Crippen LogP contribution in [-0.2, 0) is 11.2 Å². The molecule has 38 heavy (non-hydrogen) atoms. The summed E-state index contributed by atoms with van der Waals surface area (Å²) >= 11 is 0. The first-order valence-electron chi connectivity index (χ1n) is 14.4. The van der Waals surface area contributed by atoms with Crippen molar-refractivity contribution in [1.29, 1.82) is 0 Å². The van der Waals surface area contributed by atoms with E-state index in [0.717, 1.165) is 91.5 Å².